The number of amides is 1. The second-order valence-corrected chi connectivity index (χ2v) is 5.56. The Labute approximate surface area is 127 Å². The molecule has 0 saturated heterocycles. The molecule has 1 N–H and O–H groups in total. The smallest absolute Gasteiger partial charge is 0.311 e. The van der Waals surface area contributed by atoms with Crippen LogP contribution in [0, 0.1) is 10.1 Å². The first-order valence-corrected chi connectivity index (χ1v) is 7.24. The third-order valence-corrected chi connectivity index (χ3v) is 4.16. The van der Waals surface area contributed by atoms with Crippen LogP contribution >= 0.6 is 11.6 Å². The Morgan fingerprint density at radius 3 is 2.76 bits per heavy atom. The van der Waals surface area contributed by atoms with Gasteiger partial charge in [-0.3, -0.25) is 14.9 Å². The number of nitrogens with one attached hydrogen (secondary N) is 1. The summed E-state index contributed by atoms with van der Waals surface area (Å²) in [6.45, 7) is 0. The van der Waals surface area contributed by atoms with Crippen molar-refractivity contribution in [2.75, 3.05) is 7.11 Å². The van der Waals surface area contributed by atoms with Crippen molar-refractivity contribution < 1.29 is 14.5 Å². The number of nitrogens with zero attached hydrogens (tertiary/aromatic N) is 1. The summed E-state index contributed by atoms with van der Waals surface area (Å²) in [4.78, 5) is 22.7. The number of rotatable bonds is 4. The molecule has 0 radical (unpaired) electrons. The van der Waals surface area contributed by atoms with Gasteiger partial charge >= 0.3 is 5.69 Å². The molecular formula is C14H17ClN2O4. The van der Waals surface area contributed by atoms with Gasteiger partial charge in [-0.2, -0.15) is 0 Å². The molecule has 0 spiro atoms. The lowest BCUT2D eigenvalue weighted by molar-refractivity contribution is -0.385. The molecule has 2 rings (SSSR count). The molecule has 2 atom stereocenters. The number of para-hydroxylation sites is 1. The van der Waals surface area contributed by atoms with E-state index in [-0.39, 0.29) is 28.4 Å². The molecule has 1 aromatic rings. The SMILES string of the molecule is COc1c(C(=O)NC2CCCCC2Cl)cccc1[N+](=O)[O-]. The highest BCUT2D eigenvalue weighted by Gasteiger charge is 2.28. The van der Waals surface area contributed by atoms with Gasteiger partial charge in [0.1, 0.15) is 0 Å². The first-order chi connectivity index (χ1) is 10.0. The number of carbonyl (C=O) groups excluding carboxylic acids is 1. The van der Waals surface area contributed by atoms with E-state index in [9.17, 15) is 14.9 Å². The zero-order valence-corrected chi connectivity index (χ0v) is 12.4. The first-order valence-electron chi connectivity index (χ1n) is 6.81. The molecule has 0 heterocycles. The summed E-state index contributed by atoms with van der Waals surface area (Å²) in [5.74, 6) is -0.421. The standard InChI is InChI=1S/C14H17ClN2O4/c1-21-13-9(5-4-8-12(13)17(19)20)14(18)16-11-7-3-2-6-10(11)15/h4-5,8,10-11H,2-3,6-7H2,1H3,(H,16,18). The van der Waals surface area contributed by atoms with Gasteiger partial charge in [0, 0.05) is 12.1 Å². The quantitative estimate of drug-likeness (QED) is 0.526. The van der Waals surface area contributed by atoms with Crippen LogP contribution in [0.3, 0.4) is 0 Å². The fourth-order valence-corrected chi connectivity index (χ4v) is 2.90. The van der Waals surface area contributed by atoms with E-state index in [1.54, 1.807) is 0 Å². The maximum absolute atomic E-state index is 12.3. The van der Waals surface area contributed by atoms with Crippen LogP contribution in [0.1, 0.15) is 36.0 Å². The van der Waals surface area contributed by atoms with Crippen LogP contribution in [0.25, 0.3) is 0 Å². The minimum atomic E-state index is -0.569. The zero-order chi connectivity index (χ0) is 15.4. The van der Waals surface area contributed by atoms with Gasteiger partial charge in [0.15, 0.2) is 0 Å². The van der Waals surface area contributed by atoms with Crippen molar-refractivity contribution in [2.45, 2.75) is 37.1 Å². The lowest BCUT2D eigenvalue weighted by Gasteiger charge is -2.28. The Kier molecular flexibility index (Phi) is 5.01. The number of nitro groups is 1. The van der Waals surface area contributed by atoms with Gasteiger partial charge in [0.2, 0.25) is 5.75 Å². The van der Waals surface area contributed by atoms with E-state index in [0.29, 0.717) is 0 Å². The van der Waals surface area contributed by atoms with Gasteiger partial charge < -0.3 is 10.1 Å². The third-order valence-electron chi connectivity index (χ3n) is 3.64. The van der Waals surface area contributed by atoms with Crippen molar-refractivity contribution in [3.63, 3.8) is 0 Å². The number of hydrogen-bond acceptors (Lipinski definition) is 4. The van der Waals surface area contributed by atoms with Crippen LogP contribution in [0.15, 0.2) is 18.2 Å². The second-order valence-electron chi connectivity index (χ2n) is 5.00. The van der Waals surface area contributed by atoms with Gasteiger partial charge in [-0.25, -0.2) is 0 Å². The Morgan fingerprint density at radius 1 is 1.43 bits per heavy atom. The normalized spacial score (nSPS) is 21.6. The monoisotopic (exact) mass is 312 g/mol. The number of ether oxygens (including phenoxy) is 1. The molecule has 0 aromatic heterocycles. The molecule has 1 amide bonds. The van der Waals surface area contributed by atoms with Gasteiger partial charge in [-0.05, 0) is 18.9 Å². The fourth-order valence-electron chi connectivity index (χ4n) is 2.56. The summed E-state index contributed by atoms with van der Waals surface area (Å²) in [6.07, 6.45) is 3.75. The average Bonchev–Trinajstić information content (AvgIpc) is 2.48. The van der Waals surface area contributed by atoms with Gasteiger partial charge in [0.05, 0.1) is 23.0 Å². The largest absolute Gasteiger partial charge is 0.490 e. The minimum Gasteiger partial charge on any atom is -0.490 e. The maximum Gasteiger partial charge on any atom is 0.311 e. The van der Waals surface area contributed by atoms with Crippen LogP contribution in [0.2, 0.25) is 0 Å². The minimum absolute atomic E-state index is 0.0260. The number of carbonyl (C=O) groups is 1. The van der Waals surface area contributed by atoms with Crippen molar-refractivity contribution in [1.29, 1.82) is 0 Å². The molecule has 7 heteroatoms. The Bertz CT molecular complexity index is 550. The lowest BCUT2D eigenvalue weighted by atomic mass is 9.94. The molecule has 1 aliphatic carbocycles. The highest BCUT2D eigenvalue weighted by Crippen LogP contribution is 2.31. The van der Waals surface area contributed by atoms with Gasteiger partial charge in [0.25, 0.3) is 5.91 Å². The molecule has 2 unspecified atom stereocenters. The molecule has 0 bridgehead atoms. The van der Waals surface area contributed by atoms with E-state index in [0.717, 1.165) is 25.7 Å². The summed E-state index contributed by atoms with van der Waals surface area (Å²) in [5, 5.41) is 13.7. The van der Waals surface area contributed by atoms with Crippen LogP contribution in [-0.2, 0) is 0 Å². The van der Waals surface area contributed by atoms with E-state index in [2.05, 4.69) is 5.32 Å². The van der Waals surface area contributed by atoms with Crippen LogP contribution in [-0.4, -0.2) is 29.4 Å². The highest BCUT2D eigenvalue weighted by molar-refractivity contribution is 6.21. The number of methoxy groups -OCH3 is 1. The van der Waals surface area contributed by atoms with Crippen molar-refractivity contribution in [3.8, 4) is 5.75 Å². The van der Waals surface area contributed by atoms with E-state index in [1.807, 2.05) is 0 Å². The number of alkyl halides is 1. The predicted molar refractivity (Wildman–Crippen MR) is 79.0 cm³/mol. The summed E-state index contributed by atoms with van der Waals surface area (Å²) in [6, 6.07) is 4.17. The predicted octanol–water partition coefficient (Wildman–Crippen LogP) is 2.88. The Hall–Kier alpha value is -1.82. The molecular weight excluding hydrogens is 296 g/mol. The second kappa shape index (κ2) is 6.76. The van der Waals surface area contributed by atoms with Crippen LogP contribution < -0.4 is 10.1 Å². The molecule has 21 heavy (non-hydrogen) atoms. The van der Waals surface area contributed by atoms with Crippen LogP contribution in [0.4, 0.5) is 5.69 Å². The maximum atomic E-state index is 12.3. The first kappa shape index (κ1) is 15.6. The summed E-state index contributed by atoms with van der Waals surface area (Å²) >= 11 is 6.22. The van der Waals surface area contributed by atoms with Gasteiger partial charge in [-0.15, -0.1) is 11.6 Å². The van der Waals surface area contributed by atoms with Crippen molar-refractivity contribution in [3.05, 3.63) is 33.9 Å². The summed E-state index contributed by atoms with van der Waals surface area (Å²) in [5.41, 5.74) is -0.0719. The lowest BCUT2D eigenvalue weighted by Crippen LogP contribution is -2.42. The molecule has 1 aromatic carbocycles. The molecule has 1 aliphatic rings. The Balaban J connectivity index is 2.22. The average molecular weight is 313 g/mol. The number of benzene rings is 1. The molecule has 114 valence electrons. The van der Waals surface area contributed by atoms with E-state index >= 15 is 0 Å². The highest BCUT2D eigenvalue weighted by atomic mass is 35.5. The summed E-state index contributed by atoms with van der Waals surface area (Å²) in [7, 11) is 1.31. The Morgan fingerprint density at radius 2 is 2.14 bits per heavy atom. The molecule has 1 saturated carbocycles. The fraction of sp³-hybridized carbons (Fsp3) is 0.500. The summed E-state index contributed by atoms with van der Waals surface area (Å²) < 4.78 is 5.04. The van der Waals surface area contributed by atoms with Crippen molar-refractivity contribution >= 4 is 23.2 Å². The topological polar surface area (TPSA) is 81.5 Å². The molecule has 1 fully saturated rings. The molecule has 0 aliphatic heterocycles. The zero-order valence-electron chi connectivity index (χ0n) is 11.7. The van der Waals surface area contributed by atoms with E-state index < -0.39 is 10.8 Å². The van der Waals surface area contributed by atoms with Crippen molar-refractivity contribution in [2.24, 2.45) is 0 Å². The molecule has 6 nitrogen and oxygen atoms in total. The van der Waals surface area contributed by atoms with Crippen LogP contribution in [0.5, 0.6) is 5.75 Å². The van der Waals surface area contributed by atoms with Gasteiger partial charge in [-0.1, -0.05) is 18.9 Å². The van der Waals surface area contributed by atoms with E-state index in [1.165, 1.54) is 25.3 Å². The number of halogens is 1. The third kappa shape index (κ3) is 3.44. The number of hydrogen-bond donors (Lipinski definition) is 1. The number of nitro benzene ring substituents is 1. The van der Waals surface area contributed by atoms with Crippen molar-refractivity contribution in [1.82, 2.24) is 5.32 Å². The van der Waals surface area contributed by atoms with E-state index in [4.69, 9.17) is 16.3 Å².